The van der Waals surface area contributed by atoms with Crippen LogP contribution in [-0.4, -0.2) is 18.7 Å². The fourth-order valence-electron chi connectivity index (χ4n) is 2.17. The smallest absolute Gasteiger partial charge is 0.238 e. The van der Waals surface area contributed by atoms with Gasteiger partial charge in [-0.3, -0.25) is 4.79 Å². The Hall–Kier alpha value is -1.27. The Morgan fingerprint density at radius 3 is 2.67 bits per heavy atom. The summed E-state index contributed by atoms with van der Waals surface area (Å²) in [6, 6.07) is 9.90. The summed E-state index contributed by atoms with van der Waals surface area (Å²) in [5, 5.41) is 6.21. The van der Waals surface area contributed by atoms with Crippen LogP contribution in [0.4, 0.5) is 10.1 Å². The van der Waals surface area contributed by atoms with Crippen molar-refractivity contribution in [2.45, 2.75) is 17.9 Å². The number of thioether (sulfide) groups is 1. The monoisotopic (exact) mass is 386 g/mol. The van der Waals surface area contributed by atoms with Crippen molar-refractivity contribution in [2.75, 3.05) is 18.1 Å². The highest BCUT2D eigenvalue weighted by Gasteiger charge is 2.14. The standard InChI is InChI=1S/C17H17Cl2FN2OS/c1-10(11-7-14(20)13(19)8-12(11)18)21-9-17(23)22-15-5-3-4-6-16(15)24-2/h3-8,10,21H,9H2,1-2H3,(H,22,23)/t10-/m1/s1. The average molecular weight is 387 g/mol. The van der Waals surface area contributed by atoms with E-state index in [-0.39, 0.29) is 23.5 Å². The molecule has 1 atom stereocenters. The van der Waals surface area contributed by atoms with Gasteiger partial charge in [-0.15, -0.1) is 11.8 Å². The lowest BCUT2D eigenvalue weighted by Gasteiger charge is -2.16. The Morgan fingerprint density at radius 1 is 1.25 bits per heavy atom. The van der Waals surface area contributed by atoms with Crippen LogP contribution in [0.15, 0.2) is 41.3 Å². The van der Waals surface area contributed by atoms with E-state index >= 15 is 0 Å². The molecule has 7 heteroatoms. The van der Waals surface area contributed by atoms with Gasteiger partial charge in [-0.25, -0.2) is 4.39 Å². The van der Waals surface area contributed by atoms with Gasteiger partial charge in [0.2, 0.25) is 5.91 Å². The van der Waals surface area contributed by atoms with E-state index in [1.165, 1.54) is 12.1 Å². The van der Waals surface area contributed by atoms with Gasteiger partial charge in [-0.05, 0) is 43.0 Å². The molecule has 3 nitrogen and oxygen atoms in total. The summed E-state index contributed by atoms with van der Waals surface area (Å²) in [6.07, 6.45) is 1.95. The fraction of sp³-hybridized carbons (Fsp3) is 0.235. The molecule has 0 fully saturated rings. The van der Waals surface area contributed by atoms with Crippen molar-refractivity contribution < 1.29 is 9.18 Å². The zero-order chi connectivity index (χ0) is 17.7. The van der Waals surface area contributed by atoms with Crippen LogP contribution in [0.25, 0.3) is 0 Å². The second kappa shape index (κ2) is 8.72. The van der Waals surface area contributed by atoms with E-state index in [0.717, 1.165) is 10.6 Å². The van der Waals surface area contributed by atoms with Crippen molar-refractivity contribution in [2.24, 2.45) is 0 Å². The van der Waals surface area contributed by atoms with Gasteiger partial charge >= 0.3 is 0 Å². The Bertz CT molecular complexity index is 743. The largest absolute Gasteiger partial charge is 0.324 e. The van der Waals surface area contributed by atoms with Gasteiger partial charge in [0.05, 0.1) is 17.3 Å². The summed E-state index contributed by atoms with van der Waals surface area (Å²) in [5.74, 6) is -0.725. The van der Waals surface area contributed by atoms with Gasteiger partial charge in [0.15, 0.2) is 0 Å². The van der Waals surface area contributed by atoms with E-state index in [9.17, 15) is 9.18 Å². The molecular formula is C17H17Cl2FN2OS. The maximum absolute atomic E-state index is 13.6. The van der Waals surface area contributed by atoms with Crippen LogP contribution in [0.3, 0.4) is 0 Å². The number of hydrogen-bond acceptors (Lipinski definition) is 3. The second-order valence-electron chi connectivity index (χ2n) is 5.14. The predicted molar refractivity (Wildman–Crippen MR) is 99.7 cm³/mol. The van der Waals surface area contributed by atoms with Crippen LogP contribution >= 0.6 is 35.0 Å². The van der Waals surface area contributed by atoms with Crippen molar-refractivity contribution in [3.8, 4) is 0 Å². The Kier molecular flexibility index (Phi) is 6.92. The molecule has 0 heterocycles. The molecule has 0 aliphatic carbocycles. The number of para-hydroxylation sites is 1. The molecule has 2 N–H and O–H groups in total. The third-order valence-electron chi connectivity index (χ3n) is 3.46. The molecule has 0 bridgehead atoms. The summed E-state index contributed by atoms with van der Waals surface area (Å²) < 4.78 is 13.6. The summed E-state index contributed by atoms with van der Waals surface area (Å²) in [4.78, 5) is 13.1. The molecule has 128 valence electrons. The van der Waals surface area contributed by atoms with Crippen molar-refractivity contribution in [1.29, 1.82) is 0 Å². The molecule has 0 aliphatic rings. The first-order chi connectivity index (χ1) is 11.4. The lowest BCUT2D eigenvalue weighted by Crippen LogP contribution is -2.30. The topological polar surface area (TPSA) is 41.1 Å². The number of hydrogen-bond donors (Lipinski definition) is 2. The molecule has 0 aliphatic heterocycles. The third kappa shape index (κ3) is 4.86. The summed E-state index contributed by atoms with van der Waals surface area (Å²) >= 11 is 13.3. The van der Waals surface area contributed by atoms with Gasteiger partial charge in [0, 0.05) is 16.0 Å². The first kappa shape index (κ1) is 19.1. The first-order valence-electron chi connectivity index (χ1n) is 7.23. The lowest BCUT2D eigenvalue weighted by molar-refractivity contribution is -0.115. The highest BCUT2D eigenvalue weighted by Crippen LogP contribution is 2.28. The van der Waals surface area contributed by atoms with E-state index < -0.39 is 5.82 Å². The minimum Gasteiger partial charge on any atom is -0.324 e. The summed E-state index contributed by atoms with van der Waals surface area (Å²) in [6.45, 7) is 1.88. The van der Waals surface area contributed by atoms with E-state index in [2.05, 4.69) is 10.6 Å². The maximum Gasteiger partial charge on any atom is 0.238 e. The highest BCUT2D eigenvalue weighted by atomic mass is 35.5. The Balaban J connectivity index is 1.97. The summed E-state index contributed by atoms with van der Waals surface area (Å²) in [7, 11) is 0. The summed E-state index contributed by atoms with van der Waals surface area (Å²) in [5.41, 5.74) is 1.32. The number of benzene rings is 2. The van der Waals surface area contributed by atoms with Crippen molar-refractivity contribution >= 4 is 46.6 Å². The van der Waals surface area contributed by atoms with Gasteiger partial charge < -0.3 is 10.6 Å². The zero-order valence-corrected chi connectivity index (χ0v) is 15.5. The predicted octanol–water partition coefficient (Wildman–Crippen LogP) is 5.14. The molecule has 1 amide bonds. The normalized spacial score (nSPS) is 12.0. The molecule has 0 saturated carbocycles. The molecule has 0 radical (unpaired) electrons. The number of carbonyl (C=O) groups is 1. The molecular weight excluding hydrogens is 370 g/mol. The minimum absolute atomic E-state index is 0.0256. The Labute approximate surface area is 154 Å². The van der Waals surface area contributed by atoms with E-state index in [0.29, 0.717) is 10.6 Å². The molecule has 24 heavy (non-hydrogen) atoms. The lowest BCUT2D eigenvalue weighted by atomic mass is 10.1. The van der Waals surface area contributed by atoms with Crippen LogP contribution in [-0.2, 0) is 4.79 Å². The van der Waals surface area contributed by atoms with Crippen LogP contribution in [0.2, 0.25) is 10.0 Å². The fourth-order valence-corrected chi connectivity index (χ4v) is 3.27. The third-order valence-corrected chi connectivity index (χ3v) is 4.87. The van der Waals surface area contributed by atoms with Crippen molar-refractivity contribution in [1.82, 2.24) is 5.32 Å². The number of amides is 1. The number of rotatable bonds is 6. The van der Waals surface area contributed by atoms with Crippen LogP contribution in [0.1, 0.15) is 18.5 Å². The average Bonchev–Trinajstić information content (AvgIpc) is 2.56. The molecule has 0 unspecified atom stereocenters. The molecule has 2 aromatic carbocycles. The highest BCUT2D eigenvalue weighted by molar-refractivity contribution is 7.98. The Morgan fingerprint density at radius 2 is 1.96 bits per heavy atom. The maximum atomic E-state index is 13.6. The van der Waals surface area contributed by atoms with Crippen LogP contribution < -0.4 is 10.6 Å². The number of halogens is 3. The number of carbonyl (C=O) groups excluding carboxylic acids is 1. The first-order valence-corrected chi connectivity index (χ1v) is 9.21. The van der Waals surface area contributed by atoms with Crippen LogP contribution in [0.5, 0.6) is 0 Å². The minimum atomic E-state index is -0.539. The van der Waals surface area contributed by atoms with E-state index in [1.54, 1.807) is 18.7 Å². The van der Waals surface area contributed by atoms with Gasteiger partial charge in [0.25, 0.3) is 0 Å². The SMILES string of the molecule is CSc1ccccc1NC(=O)CN[C@H](C)c1cc(F)c(Cl)cc1Cl. The second-order valence-corrected chi connectivity index (χ2v) is 6.80. The molecule has 2 rings (SSSR count). The van der Waals surface area contributed by atoms with Crippen molar-refractivity contribution in [3.05, 3.63) is 57.8 Å². The van der Waals surface area contributed by atoms with Gasteiger partial charge in [0.1, 0.15) is 5.82 Å². The number of nitrogens with one attached hydrogen (secondary N) is 2. The number of anilines is 1. The van der Waals surface area contributed by atoms with Gasteiger partial charge in [-0.2, -0.15) is 0 Å². The van der Waals surface area contributed by atoms with Gasteiger partial charge in [-0.1, -0.05) is 35.3 Å². The molecule has 2 aromatic rings. The molecule has 0 saturated heterocycles. The quantitative estimate of drug-likeness (QED) is 0.533. The zero-order valence-electron chi connectivity index (χ0n) is 13.2. The van der Waals surface area contributed by atoms with E-state index in [4.69, 9.17) is 23.2 Å². The van der Waals surface area contributed by atoms with Crippen LogP contribution in [0, 0.1) is 5.82 Å². The molecule has 0 spiro atoms. The van der Waals surface area contributed by atoms with Crippen molar-refractivity contribution in [3.63, 3.8) is 0 Å². The molecule has 0 aromatic heterocycles. The van der Waals surface area contributed by atoms with E-state index in [1.807, 2.05) is 30.5 Å².